The van der Waals surface area contributed by atoms with Crippen LogP contribution in [0.1, 0.15) is 85.3 Å². The molecule has 0 saturated heterocycles. The first-order valence-corrected chi connectivity index (χ1v) is 48.0. The number of carbonyl (C=O) groups excluding carboxylic acids is 1. The van der Waals surface area contributed by atoms with Crippen LogP contribution in [0.4, 0.5) is 34.1 Å². The Kier molecular flexibility index (Phi) is 35.5. The Morgan fingerprint density at radius 1 is 0.367 bits per heavy atom. The Balaban J connectivity index is 0.000000174. The van der Waals surface area contributed by atoms with E-state index in [4.69, 9.17) is 0 Å². The Labute approximate surface area is 851 Å². The van der Waals surface area contributed by atoms with Gasteiger partial charge < -0.3 is 24.9 Å². The molecule has 2 radical (unpaired) electrons. The Bertz CT molecular complexity index is 7090. The number of ketones is 1. The Hall–Kier alpha value is -14.8. The summed E-state index contributed by atoms with van der Waals surface area (Å²) in [6.45, 7) is 16.9. The van der Waals surface area contributed by atoms with Gasteiger partial charge >= 0.3 is 0 Å². The van der Waals surface area contributed by atoms with E-state index in [2.05, 4.69) is 421 Å². The van der Waals surface area contributed by atoms with Crippen molar-refractivity contribution in [2.24, 2.45) is 11.8 Å². The summed E-state index contributed by atoms with van der Waals surface area (Å²) in [5, 5.41) is 14.3. The van der Waals surface area contributed by atoms with Crippen molar-refractivity contribution >= 4 is 72.2 Å². The van der Waals surface area contributed by atoms with E-state index in [1.165, 1.54) is 78.2 Å². The average Bonchev–Trinajstić information content (AvgIpc) is 0.871. The van der Waals surface area contributed by atoms with Gasteiger partial charge in [-0.05, 0) is 218 Å². The number of rotatable bonds is 23. The number of anilines is 6. The topological polar surface area (TPSA) is 95.3 Å². The number of hydrogen-bond donors (Lipinski definition) is 1. The third-order valence-electron chi connectivity index (χ3n) is 24.7. The minimum Gasteiger partial charge on any atom is -0.512 e. The molecule has 1 N–H and O–H groups in total. The normalized spacial score (nSPS) is 11.0. The number of aromatic nitrogens is 4. The van der Waals surface area contributed by atoms with E-state index < -0.39 is 0 Å². The van der Waals surface area contributed by atoms with Crippen molar-refractivity contribution in [2.45, 2.75) is 86.5 Å². The fourth-order valence-electron chi connectivity index (χ4n) is 17.1. The minimum atomic E-state index is 0. The number of aliphatic hydroxyl groups is 1. The van der Waals surface area contributed by atoms with Crippen LogP contribution in [0, 0.1) is 37.0 Å². The van der Waals surface area contributed by atoms with E-state index in [1.54, 1.807) is 23.9 Å². The predicted molar refractivity (Wildman–Crippen MR) is 577 cm³/mol. The van der Waals surface area contributed by atoms with Crippen LogP contribution in [0.2, 0.25) is 0 Å². The van der Waals surface area contributed by atoms with E-state index in [9.17, 15) is 9.90 Å². The quantitative estimate of drug-likeness (QED) is 0.0384. The molecule has 0 saturated carbocycles. The van der Waals surface area contributed by atoms with Crippen LogP contribution in [0.15, 0.2) is 467 Å². The number of nitrogens with zero attached hydrogens (tertiary/aromatic N) is 6. The van der Waals surface area contributed by atoms with Gasteiger partial charge in [0.2, 0.25) is 0 Å². The standard InChI is InChI=1S/C66H48N2.C21H19N2S.C17H12N.C13H24O2.C11H8N.2Ir/c1-6-16-49(17-7-1)53-26-37-60(38-27-53)67(61-39-28-54(29-40-61)50-18-8-2-9-19-50)62-41-30-56(31-42-62)57-34-45-64(46-35-57)68(63-43-32-55(33-44-63)51-20-10-3-11-21-51)66-47-36-59(52-22-12-4-13-23-52)48-65(66)58-24-14-5-15-25-58;1-13-11-24-20-18(13)22-12-23-19(20)15-9-14-7-5-6-8-16(14)17(10-15)21(2,3)4;1-3-7-14(8-4-1)16-11-12-18-17(13-16)15-9-5-2-6-10-15;1-5-10(6-2)12(14)9-13(15)11(7-3)8-4;1-2-6-10(7-3-1)11-8-4-5-9-12-11;;/h1-48H;5-8,10-12H,1-4H3;1-9,11-13H;9-11,14H,5-8H2,1-4H3;1-6,8-9H;;/q;2*-1;;-1;;. The first-order valence-electron chi connectivity index (χ1n) is 47.1. The number of pyridine rings is 2. The molecular weight excluding hydrogens is 2070 g/mol. The maximum atomic E-state index is 11.7. The summed E-state index contributed by atoms with van der Waals surface area (Å²) in [4.78, 5) is 34.1. The minimum absolute atomic E-state index is 0. The molecule has 8 nitrogen and oxygen atoms in total. The maximum absolute atomic E-state index is 11.7. The molecule has 11 heteroatoms. The van der Waals surface area contributed by atoms with E-state index in [1.807, 2.05) is 125 Å². The molecule has 0 amide bonds. The zero-order chi connectivity index (χ0) is 94.7. The molecule has 0 aliphatic heterocycles. The van der Waals surface area contributed by atoms with Gasteiger partial charge in [-0.25, -0.2) is 4.98 Å². The number of hydrogen-bond acceptors (Lipinski definition) is 9. The molecule has 16 aromatic carbocycles. The van der Waals surface area contributed by atoms with Crippen molar-refractivity contribution in [3.05, 3.63) is 496 Å². The van der Waals surface area contributed by atoms with Gasteiger partial charge in [-0.15, -0.1) is 112 Å². The van der Waals surface area contributed by atoms with Crippen molar-refractivity contribution in [1.82, 2.24) is 19.9 Å². The second-order valence-corrected chi connectivity index (χ2v) is 35.6. The Morgan fingerprint density at radius 2 is 0.748 bits per heavy atom. The van der Waals surface area contributed by atoms with Gasteiger partial charge in [0.1, 0.15) is 6.33 Å². The molecule has 0 fully saturated rings. The molecule has 4 aromatic heterocycles. The molecule has 0 aliphatic rings. The molecule has 139 heavy (non-hydrogen) atoms. The second kappa shape index (κ2) is 49.3. The van der Waals surface area contributed by atoms with Crippen LogP contribution in [0.25, 0.3) is 133 Å². The van der Waals surface area contributed by atoms with E-state index in [-0.39, 0.29) is 69.0 Å². The molecule has 0 atom stereocenters. The first-order chi connectivity index (χ1) is 67.2. The molecule has 0 spiro atoms. The zero-order valence-electron chi connectivity index (χ0n) is 79.5. The molecule has 20 aromatic rings. The van der Waals surface area contributed by atoms with E-state index in [0.717, 1.165) is 131 Å². The van der Waals surface area contributed by atoms with Gasteiger partial charge in [0.05, 0.1) is 17.0 Å². The third kappa shape index (κ3) is 25.6. The summed E-state index contributed by atoms with van der Waals surface area (Å²) < 4.78 is 1.14. The summed E-state index contributed by atoms with van der Waals surface area (Å²) in [7, 11) is 0. The maximum Gasteiger partial charge on any atom is 0.162 e. The number of carbonyl (C=O) groups is 1. The largest absolute Gasteiger partial charge is 0.512 e. The number of thiophene rings is 1. The summed E-state index contributed by atoms with van der Waals surface area (Å²) in [5.41, 5.74) is 32.7. The number of aliphatic hydroxyl groups excluding tert-OH is 1. The van der Waals surface area contributed by atoms with Crippen LogP contribution >= 0.6 is 11.3 Å². The van der Waals surface area contributed by atoms with Gasteiger partial charge in [-0.1, -0.05) is 345 Å². The van der Waals surface area contributed by atoms with Gasteiger partial charge in [0, 0.05) is 115 Å². The summed E-state index contributed by atoms with van der Waals surface area (Å²) in [5.74, 6) is 0.547. The Morgan fingerprint density at radius 3 is 1.17 bits per heavy atom. The van der Waals surface area contributed by atoms with Crippen LogP contribution in [0.5, 0.6) is 0 Å². The molecule has 20 rings (SSSR count). The first kappa shape index (κ1) is 100. The molecule has 0 unspecified atom stereocenters. The molecular formula is C128H111Ir2N6O2S-3. The van der Waals surface area contributed by atoms with Gasteiger partial charge in [-0.2, -0.15) is 0 Å². The summed E-state index contributed by atoms with van der Waals surface area (Å²) in [6, 6.07) is 161. The van der Waals surface area contributed by atoms with Crippen LogP contribution in [-0.4, -0.2) is 30.8 Å². The van der Waals surface area contributed by atoms with Crippen LogP contribution in [-0.2, 0) is 50.4 Å². The predicted octanol–water partition coefficient (Wildman–Crippen LogP) is 35.2. The summed E-state index contributed by atoms with van der Waals surface area (Å²) >= 11 is 1.71. The van der Waals surface area contributed by atoms with Crippen molar-refractivity contribution in [2.75, 3.05) is 9.80 Å². The van der Waals surface area contributed by atoms with E-state index in [0.29, 0.717) is 0 Å². The fraction of sp³-hybridized carbons (Fsp3) is 0.117. The number of benzene rings is 16. The summed E-state index contributed by atoms with van der Waals surface area (Å²) in [6.07, 6.45) is 10.2. The van der Waals surface area contributed by atoms with Gasteiger partial charge in [0.15, 0.2) is 5.78 Å². The SMILES string of the molecule is CCC(CC)C(=O)C=C(O)C(CC)CC.Cc1csc2c(-c3[c-]c4ccccc4c(C(C)(C)C)c3)ncnc12.[Ir].[Ir].[c-]1ccccc1-c1cc(-c2ccccc2)ccn1.[c-]1ccccc1-c1ccccn1.c1ccc(-c2ccc(N(c3ccc(-c4ccccc4)cc3)c3ccc(-c4ccc(N(c5ccc(-c6ccccc6)cc5)c5ccc(-c6ccccc6)cc5-c5ccccc5)cc4)cc3)cc2)cc1. The van der Waals surface area contributed by atoms with Crippen molar-refractivity contribution < 1.29 is 50.1 Å². The van der Waals surface area contributed by atoms with Crippen LogP contribution < -0.4 is 9.80 Å². The number of aryl methyl sites for hydroxylation is 1. The smallest absolute Gasteiger partial charge is 0.162 e. The monoisotopic (exact) mass is 2180 g/mol. The average molecular weight is 2180 g/mol. The van der Waals surface area contributed by atoms with Gasteiger partial charge in [0.25, 0.3) is 0 Å². The molecule has 0 bridgehead atoms. The zero-order valence-corrected chi connectivity index (χ0v) is 85.1. The third-order valence-corrected chi connectivity index (χ3v) is 25.8. The molecule has 0 aliphatic carbocycles. The number of allylic oxidation sites excluding steroid dienone is 2. The van der Waals surface area contributed by atoms with Crippen LogP contribution in [0.3, 0.4) is 0 Å². The van der Waals surface area contributed by atoms with Crippen molar-refractivity contribution in [1.29, 1.82) is 0 Å². The molecule has 4 heterocycles. The van der Waals surface area contributed by atoms with E-state index >= 15 is 0 Å². The number of fused-ring (bicyclic) bond motifs is 2. The fourth-order valence-corrected chi connectivity index (χ4v) is 18.1. The van der Waals surface area contributed by atoms with Gasteiger partial charge in [-0.3, -0.25) is 9.78 Å². The molecule has 692 valence electrons. The second-order valence-electron chi connectivity index (χ2n) is 34.7. The van der Waals surface area contributed by atoms with Crippen molar-refractivity contribution in [3.63, 3.8) is 0 Å². The van der Waals surface area contributed by atoms with Crippen molar-refractivity contribution in [3.8, 4) is 112 Å².